The van der Waals surface area contributed by atoms with E-state index >= 15 is 0 Å². The SMILES string of the molecule is Cc1ccc2c(c1)C(c1ccc(O[C@H]3CCN(C(=O)OC(C)(C)C)C3)cc1)=C(Br)CC2. The third-order valence-corrected chi connectivity index (χ3v) is 6.46. The molecule has 2 aromatic carbocycles. The van der Waals surface area contributed by atoms with Gasteiger partial charge in [-0.25, -0.2) is 4.79 Å². The molecule has 5 heteroatoms. The van der Waals surface area contributed by atoms with Gasteiger partial charge in [0.05, 0.1) is 6.54 Å². The first-order valence-electron chi connectivity index (χ1n) is 10.9. The van der Waals surface area contributed by atoms with Crippen molar-refractivity contribution in [1.82, 2.24) is 4.90 Å². The third-order valence-electron chi connectivity index (χ3n) is 5.66. The molecule has 0 unspecified atom stereocenters. The molecule has 1 amide bonds. The van der Waals surface area contributed by atoms with Crippen molar-refractivity contribution in [3.05, 3.63) is 69.2 Å². The smallest absolute Gasteiger partial charge is 0.410 e. The second kappa shape index (κ2) is 8.70. The fourth-order valence-electron chi connectivity index (χ4n) is 4.18. The molecule has 0 spiro atoms. The van der Waals surface area contributed by atoms with Gasteiger partial charge in [-0.2, -0.15) is 0 Å². The standard InChI is InChI=1S/C26H30BrNO3/c1-17-5-6-18-9-12-23(27)24(22(18)15-17)19-7-10-20(11-8-19)30-21-13-14-28(16-21)25(29)31-26(2,3)4/h5-8,10-11,15,21H,9,12-14,16H2,1-4H3/t21-/m0/s1. The first-order valence-corrected chi connectivity index (χ1v) is 11.7. The van der Waals surface area contributed by atoms with Crippen LogP contribution in [-0.4, -0.2) is 35.8 Å². The summed E-state index contributed by atoms with van der Waals surface area (Å²) >= 11 is 3.82. The van der Waals surface area contributed by atoms with Crippen molar-refractivity contribution in [3.8, 4) is 5.75 Å². The summed E-state index contributed by atoms with van der Waals surface area (Å²) < 4.78 is 12.9. The lowest BCUT2D eigenvalue weighted by Gasteiger charge is -2.24. The summed E-state index contributed by atoms with van der Waals surface area (Å²) in [5, 5.41) is 0. The van der Waals surface area contributed by atoms with Crippen molar-refractivity contribution in [2.75, 3.05) is 13.1 Å². The Kier molecular flexibility index (Phi) is 6.16. The zero-order valence-electron chi connectivity index (χ0n) is 18.7. The lowest BCUT2D eigenvalue weighted by molar-refractivity contribution is 0.0275. The quantitative estimate of drug-likeness (QED) is 0.500. The predicted molar refractivity (Wildman–Crippen MR) is 128 cm³/mol. The van der Waals surface area contributed by atoms with Crippen molar-refractivity contribution in [2.45, 2.75) is 58.7 Å². The summed E-state index contributed by atoms with van der Waals surface area (Å²) in [7, 11) is 0. The Hall–Kier alpha value is -2.27. The molecular weight excluding hydrogens is 454 g/mol. The predicted octanol–water partition coefficient (Wildman–Crippen LogP) is 6.48. The maximum Gasteiger partial charge on any atom is 0.410 e. The number of ether oxygens (including phenoxy) is 2. The topological polar surface area (TPSA) is 38.8 Å². The molecule has 0 bridgehead atoms. The number of amides is 1. The minimum absolute atomic E-state index is 0.0117. The van der Waals surface area contributed by atoms with Crippen LogP contribution in [0.25, 0.3) is 5.57 Å². The van der Waals surface area contributed by atoms with Crippen LogP contribution >= 0.6 is 15.9 Å². The first kappa shape index (κ1) is 21.9. The Morgan fingerprint density at radius 2 is 1.84 bits per heavy atom. The third kappa shape index (κ3) is 5.15. The van der Waals surface area contributed by atoms with Gasteiger partial charge in [0.2, 0.25) is 0 Å². The fourth-order valence-corrected chi connectivity index (χ4v) is 4.82. The summed E-state index contributed by atoms with van der Waals surface area (Å²) in [6.45, 7) is 9.01. The Labute approximate surface area is 193 Å². The molecule has 1 aliphatic carbocycles. The second-order valence-electron chi connectivity index (χ2n) is 9.42. The number of likely N-dealkylation sites (tertiary alicyclic amines) is 1. The van der Waals surface area contributed by atoms with Crippen molar-refractivity contribution in [2.24, 2.45) is 0 Å². The van der Waals surface area contributed by atoms with E-state index in [1.54, 1.807) is 4.90 Å². The van der Waals surface area contributed by atoms with E-state index < -0.39 is 5.60 Å². The van der Waals surface area contributed by atoms with Crippen LogP contribution in [0.5, 0.6) is 5.75 Å². The van der Waals surface area contributed by atoms with E-state index in [0.717, 1.165) is 25.0 Å². The highest BCUT2D eigenvalue weighted by Crippen LogP contribution is 2.39. The average molecular weight is 484 g/mol. The molecule has 4 rings (SSSR count). The summed E-state index contributed by atoms with van der Waals surface area (Å²) in [5.74, 6) is 0.830. The number of carbonyl (C=O) groups is 1. The Balaban J connectivity index is 1.44. The molecular formula is C26H30BrNO3. The number of fused-ring (bicyclic) bond motifs is 1. The van der Waals surface area contributed by atoms with Gasteiger partial charge < -0.3 is 14.4 Å². The number of carbonyl (C=O) groups excluding carboxylic acids is 1. The Bertz CT molecular complexity index is 1000. The number of nitrogens with zero attached hydrogens (tertiary/aromatic N) is 1. The van der Waals surface area contributed by atoms with Gasteiger partial charge in [0, 0.05) is 17.4 Å². The molecule has 164 valence electrons. The van der Waals surface area contributed by atoms with Crippen LogP contribution in [0.2, 0.25) is 0 Å². The van der Waals surface area contributed by atoms with Crippen molar-refractivity contribution < 1.29 is 14.3 Å². The molecule has 4 nitrogen and oxygen atoms in total. The summed E-state index contributed by atoms with van der Waals surface area (Å²) in [6.07, 6.45) is 2.62. The maximum atomic E-state index is 12.3. The zero-order valence-corrected chi connectivity index (χ0v) is 20.3. The van der Waals surface area contributed by atoms with E-state index in [1.807, 2.05) is 32.9 Å². The molecule has 1 aliphatic heterocycles. The minimum Gasteiger partial charge on any atom is -0.489 e. The number of halogens is 1. The maximum absolute atomic E-state index is 12.3. The van der Waals surface area contributed by atoms with Crippen LogP contribution in [0, 0.1) is 6.92 Å². The van der Waals surface area contributed by atoms with E-state index in [4.69, 9.17) is 9.47 Å². The van der Waals surface area contributed by atoms with E-state index in [9.17, 15) is 4.79 Å². The fraction of sp³-hybridized carbons (Fsp3) is 0.423. The Morgan fingerprint density at radius 3 is 2.55 bits per heavy atom. The van der Waals surface area contributed by atoms with Gasteiger partial charge in [0.25, 0.3) is 0 Å². The molecule has 31 heavy (non-hydrogen) atoms. The summed E-state index contributed by atoms with van der Waals surface area (Å²) in [6, 6.07) is 15.0. The lowest BCUT2D eigenvalue weighted by Crippen LogP contribution is -2.36. The largest absolute Gasteiger partial charge is 0.489 e. The molecule has 1 atom stereocenters. The average Bonchev–Trinajstić information content (AvgIpc) is 3.16. The molecule has 0 saturated carbocycles. The lowest BCUT2D eigenvalue weighted by atomic mass is 9.86. The summed E-state index contributed by atoms with van der Waals surface area (Å²) in [4.78, 5) is 14.0. The van der Waals surface area contributed by atoms with Gasteiger partial charge >= 0.3 is 6.09 Å². The number of benzene rings is 2. The number of hydrogen-bond donors (Lipinski definition) is 0. The molecule has 1 fully saturated rings. The molecule has 2 aliphatic rings. The molecule has 0 radical (unpaired) electrons. The van der Waals surface area contributed by atoms with Crippen molar-refractivity contribution in [1.29, 1.82) is 0 Å². The molecule has 0 aromatic heterocycles. The molecule has 1 heterocycles. The number of allylic oxidation sites excluding steroid dienone is 1. The van der Waals surface area contributed by atoms with Crippen LogP contribution in [0.1, 0.15) is 55.9 Å². The van der Waals surface area contributed by atoms with Crippen molar-refractivity contribution in [3.63, 3.8) is 0 Å². The highest BCUT2D eigenvalue weighted by atomic mass is 79.9. The molecule has 0 N–H and O–H groups in total. The van der Waals surface area contributed by atoms with Crippen LogP contribution in [0.15, 0.2) is 46.9 Å². The second-order valence-corrected chi connectivity index (χ2v) is 10.4. The van der Waals surface area contributed by atoms with Gasteiger partial charge in [-0.15, -0.1) is 0 Å². The molecule has 1 saturated heterocycles. The van der Waals surface area contributed by atoms with E-state index in [1.165, 1.54) is 32.3 Å². The highest BCUT2D eigenvalue weighted by Gasteiger charge is 2.31. The van der Waals surface area contributed by atoms with Gasteiger partial charge in [-0.3, -0.25) is 0 Å². The van der Waals surface area contributed by atoms with E-state index in [0.29, 0.717) is 13.1 Å². The van der Waals surface area contributed by atoms with Gasteiger partial charge in [-0.1, -0.05) is 51.8 Å². The van der Waals surface area contributed by atoms with Crippen LogP contribution in [-0.2, 0) is 11.2 Å². The van der Waals surface area contributed by atoms with Crippen LogP contribution in [0.3, 0.4) is 0 Å². The number of rotatable bonds is 3. The normalized spacial score (nSPS) is 18.7. The van der Waals surface area contributed by atoms with E-state index in [2.05, 4.69) is 53.2 Å². The minimum atomic E-state index is -0.481. The van der Waals surface area contributed by atoms with Crippen molar-refractivity contribution >= 4 is 27.6 Å². The Morgan fingerprint density at radius 1 is 1.10 bits per heavy atom. The number of hydrogen-bond acceptors (Lipinski definition) is 3. The molecule has 2 aromatic rings. The van der Waals surface area contributed by atoms with Crippen LogP contribution in [0.4, 0.5) is 4.79 Å². The van der Waals surface area contributed by atoms with Crippen LogP contribution < -0.4 is 4.74 Å². The zero-order chi connectivity index (χ0) is 22.2. The monoisotopic (exact) mass is 483 g/mol. The van der Waals surface area contributed by atoms with Gasteiger partial charge in [-0.05, 0) is 74.9 Å². The van der Waals surface area contributed by atoms with E-state index in [-0.39, 0.29) is 12.2 Å². The first-order chi connectivity index (χ1) is 14.7. The van der Waals surface area contributed by atoms with Gasteiger partial charge in [0.1, 0.15) is 17.5 Å². The highest BCUT2D eigenvalue weighted by molar-refractivity contribution is 9.11. The summed E-state index contributed by atoms with van der Waals surface area (Å²) in [5.41, 5.74) is 5.97. The number of aryl methyl sites for hydroxylation is 2. The van der Waals surface area contributed by atoms with Gasteiger partial charge in [0.15, 0.2) is 0 Å².